The molecule has 0 bridgehead atoms. The van der Waals surface area contributed by atoms with Gasteiger partial charge in [0.05, 0.1) is 16.4 Å². The topological polar surface area (TPSA) is 76.1 Å². The number of anilines is 1. The van der Waals surface area contributed by atoms with Crippen LogP contribution in [-0.4, -0.2) is 41.7 Å². The van der Waals surface area contributed by atoms with Gasteiger partial charge in [-0.3, -0.25) is 4.79 Å². The molecule has 1 atom stereocenters. The van der Waals surface area contributed by atoms with E-state index in [4.69, 9.17) is 16.3 Å². The Balaban J connectivity index is 1.44. The number of aromatic nitrogens is 2. The number of nitrogens with one attached hydrogen (secondary N) is 2. The first-order chi connectivity index (χ1) is 14.1. The minimum absolute atomic E-state index is 0.0856. The van der Waals surface area contributed by atoms with Gasteiger partial charge in [0.2, 0.25) is 0 Å². The second-order valence-electron chi connectivity index (χ2n) is 7.11. The fraction of sp³-hybridized carbons (Fsp3) is 0.381. The van der Waals surface area contributed by atoms with E-state index in [0.717, 1.165) is 53.0 Å². The smallest absolute Gasteiger partial charge is 0.261 e. The van der Waals surface area contributed by atoms with E-state index in [0.29, 0.717) is 23.0 Å². The highest BCUT2D eigenvalue weighted by atomic mass is 35.5. The van der Waals surface area contributed by atoms with Gasteiger partial charge >= 0.3 is 0 Å². The lowest BCUT2D eigenvalue weighted by atomic mass is 10.1. The first-order valence-electron chi connectivity index (χ1n) is 9.74. The van der Waals surface area contributed by atoms with E-state index in [1.165, 1.54) is 17.7 Å². The number of hydrogen-bond donors (Lipinski definition) is 2. The van der Waals surface area contributed by atoms with Gasteiger partial charge in [-0.05, 0) is 49.4 Å². The van der Waals surface area contributed by atoms with Gasteiger partial charge in [-0.1, -0.05) is 23.7 Å². The van der Waals surface area contributed by atoms with Crippen LogP contribution in [0.15, 0.2) is 30.6 Å². The molecule has 3 heterocycles. The number of ether oxygens (including phenoxy) is 1. The van der Waals surface area contributed by atoms with E-state index in [2.05, 4.69) is 20.6 Å². The highest BCUT2D eigenvalue weighted by molar-refractivity contribution is 7.20. The third-order valence-electron chi connectivity index (χ3n) is 5.04. The fourth-order valence-electron chi connectivity index (χ4n) is 3.53. The second kappa shape index (κ2) is 9.07. The average Bonchev–Trinajstić information content (AvgIpc) is 3.35. The number of aryl methyl sites for hydroxylation is 1. The molecule has 1 saturated heterocycles. The van der Waals surface area contributed by atoms with Gasteiger partial charge in [0.1, 0.15) is 17.0 Å². The van der Waals surface area contributed by atoms with Crippen LogP contribution in [0.5, 0.6) is 0 Å². The zero-order chi connectivity index (χ0) is 20.2. The van der Waals surface area contributed by atoms with Gasteiger partial charge in [-0.25, -0.2) is 9.97 Å². The Morgan fingerprint density at radius 1 is 1.38 bits per heavy atom. The summed E-state index contributed by atoms with van der Waals surface area (Å²) in [6.45, 7) is 4.03. The Morgan fingerprint density at radius 3 is 3.07 bits per heavy atom. The number of halogens is 1. The maximum absolute atomic E-state index is 12.8. The Bertz CT molecular complexity index is 1020. The van der Waals surface area contributed by atoms with Gasteiger partial charge in [-0.2, -0.15) is 0 Å². The quantitative estimate of drug-likeness (QED) is 0.587. The van der Waals surface area contributed by atoms with Gasteiger partial charge in [-0.15, -0.1) is 11.3 Å². The molecule has 3 aromatic rings. The van der Waals surface area contributed by atoms with Crippen molar-refractivity contribution < 1.29 is 9.53 Å². The van der Waals surface area contributed by atoms with Gasteiger partial charge in [0.15, 0.2) is 0 Å². The number of carbonyl (C=O) groups excluding carboxylic acids is 1. The van der Waals surface area contributed by atoms with Crippen LogP contribution in [0.2, 0.25) is 5.02 Å². The zero-order valence-electron chi connectivity index (χ0n) is 16.2. The summed E-state index contributed by atoms with van der Waals surface area (Å²) in [6.07, 6.45) is 4.64. The molecule has 8 heteroatoms. The molecule has 2 N–H and O–H groups in total. The molecule has 0 unspecified atom stereocenters. The summed E-state index contributed by atoms with van der Waals surface area (Å²) in [6, 6.07) is 7.68. The van der Waals surface area contributed by atoms with E-state index in [9.17, 15) is 4.79 Å². The molecule has 0 aliphatic carbocycles. The Labute approximate surface area is 178 Å². The van der Waals surface area contributed by atoms with Crippen molar-refractivity contribution in [1.82, 2.24) is 15.3 Å². The maximum atomic E-state index is 12.8. The van der Waals surface area contributed by atoms with Gasteiger partial charge in [0, 0.05) is 24.7 Å². The molecule has 1 aliphatic rings. The summed E-state index contributed by atoms with van der Waals surface area (Å²) in [7, 11) is 0. The number of thiophene rings is 1. The molecule has 1 aromatic carbocycles. The Kier molecular flexibility index (Phi) is 6.28. The summed E-state index contributed by atoms with van der Waals surface area (Å²) in [5.41, 5.74) is 2.00. The van der Waals surface area contributed by atoms with Crippen molar-refractivity contribution in [2.45, 2.75) is 32.3 Å². The lowest BCUT2D eigenvalue weighted by Crippen LogP contribution is -2.25. The van der Waals surface area contributed by atoms with Crippen molar-refractivity contribution in [3.8, 4) is 0 Å². The molecule has 4 rings (SSSR count). The van der Waals surface area contributed by atoms with Crippen molar-refractivity contribution in [1.29, 1.82) is 0 Å². The van der Waals surface area contributed by atoms with Crippen molar-refractivity contribution in [3.63, 3.8) is 0 Å². The molecule has 1 amide bonds. The number of rotatable bonds is 7. The largest absolute Gasteiger partial charge is 0.376 e. The van der Waals surface area contributed by atoms with E-state index < -0.39 is 0 Å². The highest BCUT2D eigenvalue weighted by Gasteiger charge is 2.20. The van der Waals surface area contributed by atoms with Crippen LogP contribution in [0.4, 0.5) is 5.82 Å². The molecule has 29 heavy (non-hydrogen) atoms. The summed E-state index contributed by atoms with van der Waals surface area (Å²) in [5.74, 6) is 0.676. The van der Waals surface area contributed by atoms with Crippen molar-refractivity contribution in [3.05, 3.63) is 51.6 Å². The van der Waals surface area contributed by atoms with Gasteiger partial charge < -0.3 is 15.4 Å². The summed E-state index contributed by atoms with van der Waals surface area (Å²) in [5, 5.41) is 8.00. The fourth-order valence-corrected chi connectivity index (χ4v) is 4.81. The highest BCUT2D eigenvalue weighted by Crippen LogP contribution is 2.33. The minimum atomic E-state index is -0.0856. The van der Waals surface area contributed by atoms with Crippen LogP contribution in [0.25, 0.3) is 10.2 Å². The Morgan fingerprint density at radius 2 is 2.28 bits per heavy atom. The third kappa shape index (κ3) is 4.69. The number of nitrogens with zero attached hydrogens (tertiary/aromatic N) is 2. The standard InChI is InChI=1S/C21H23ClN4O2S/c1-13-17-19(24-11-16-6-3-9-28-16)25-12-26-21(17)29-18(13)20(27)23-8-7-14-4-2-5-15(22)10-14/h2,4-5,10,12,16H,3,6-9,11H2,1H3,(H,23,27)(H,24,25,26)/t16-/m0/s1. The van der Waals surface area contributed by atoms with E-state index in [1.807, 2.05) is 31.2 Å². The normalized spacial score (nSPS) is 16.3. The SMILES string of the molecule is Cc1c(C(=O)NCCc2cccc(Cl)c2)sc2ncnc(NC[C@@H]3CCCO3)c12. The Hall–Kier alpha value is -2.22. The number of benzene rings is 1. The number of amides is 1. The monoisotopic (exact) mass is 430 g/mol. The lowest BCUT2D eigenvalue weighted by Gasteiger charge is -2.12. The summed E-state index contributed by atoms with van der Waals surface area (Å²) >= 11 is 7.42. The molecule has 152 valence electrons. The molecule has 0 saturated carbocycles. The van der Waals surface area contributed by atoms with Crippen molar-refractivity contribution >= 4 is 44.9 Å². The number of hydrogen-bond acceptors (Lipinski definition) is 6. The van der Waals surface area contributed by atoms with Gasteiger partial charge in [0.25, 0.3) is 5.91 Å². The van der Waals surface area contributed by atoms with E-state index in [1.54, 1.807) is 0 Å². The average molecular weight is 431 g/mol. The molecular weight excluding hydrogens is 408 g/mol. The second-order valence-corrected chi connectivity index (χ2v) is 8.55. The molecule has 0 radical (unpaired) electrons. The first kappa shape index (κ1) is 20.1. The molecule has 6 nitrogen and oxygen atoms in total. The molecule has 2 aromatic heterocycles. The molecule has 0 spiro atoms. The van der Waals surface area contributed by atoms with Crippen LogP contribution >= 0.6 is 22.9 Å². The lowest BCUT2D eigenvalue weighted by molar-refractivity contribution is 0.0957. The molecule has 1 fully saturated rings. The van der Waals surface area contributed by atoms with Crippen LogP contribution in [-0.2, 0) is 11.2 Å². The summed E-state index contributed by atoms with van der Waals surface area (Å²) in [4.78, 5) is 23.0. The van der Waals surface area contributed by atoms with Crippen LogP contribution in [0.1, 0.15) is 33.6 Å². The van der Waals surface area contributed by atoms with E-state index >= 15 is 0 Å². The minimum Gasteiger partial charge on any atom is -0.376 e. The van der Waals surface area contributed by atoms with Crippen LogP contribution < -0.4 is 10.6 Å². The maximum Gasteiger partial charge on any atom is 0.261 e. The predicted molar refractivity (Wildman–Crippen MR) is 117 cm³/mol. The summed E-state index contributed by atoms with van der Waals surface area (Å²) < 4.78 is 5.67. The predicted octanol–water partition coefficient (Wildman–Crippen LogP) is 4.22. The first-order valence-corrected chi connectivity index (χ1v) is 10.9. The molecular formula is C21H23ClN4O2S. The third-order valence-corrected chi connectivity index (χ3v) is 6.48. The molecule has 1 aliphatic heterocycles. The number of fused-ring (bicyclic) bond motifs is 1. The number of carbonyl (C=O) groups is 1. The van der Waals surface area contributed by atoms with Crippen molar-refractivity contribution in [2.75, 3.05) is 25.0 Å². The van der Waals surface area contributed by atoms with E-state index in [-0.39, 0.29) is 12.0 Å². The van der Waals surface area contributed by atoms with Crippen molar-refractivity contribution in [2.24, 2.45) is 0 Å². The van der Waals surface area contributed by atoms with Crippen LogP contribution in [0, 0.1) is 6.92 Å². The van der Waals surface area contributed by atoms with Crippen LogP contribution in [0.3, 0.4) is 0 Å². The zero-order valence-corrected chi connectivity index (χ0v) is 17.8.